The molecule has 84 valence electrons. The van der Waals surface area contributed by atoms with Crippen LogP contribution >= 0.6 is 0 Å². The molecule has 0 spiro atoms. The highest BCUT2D eigenvalue weighted by Crippen LogP contribution is 2.27. The smallest absolute Gasteiger partial charge is 0.145 e. The number of nitrogens with zero attached hydrogens (tertiary/aromatic N) is 4. The molecule has 0 radical (unpaired) electrons. The van der Waals surface area contributed by atoms with Crippen molar-refractivity contribution in [2.75, 3.05) is 0 Å². The summed E-state index contributed by atoms with van der Waals surface area (Å²) in [6.07, 6.45) is 3.32. The van der Waals surface area contributed by atoms with Crippen molar-refractivity contribution in [1.29, 1.82) is 0 Å². The molecule has 0 N–H and O–H groups in total. The molecule has 17 heavy (non-hydrogen) atoms. The minimum Gasteiger partial charge on any atom is -0.456 e. The summed E-state index contributed by atoms with van der Waals surface area (Å²) >= 11 is 0. The van der Waals surface area contributed by atoms with Crippen LogP contribution in [0.1, 0.15) is 5.56 Å². The van der Waals surface area contributed by atoms with Gasteiger partial charge in [-0.1, -0.05) is 5.11 Å². The first-order valence-corrected chi connectivity index (χ1v) is 5.03. The molecular formula is C12H10N4O. The lowest BCUT2D eigenvalue weighted by molar-refractivity contribution is 0.480. The van der Waals surface area contributed by atoms with Gasteiger partial charge >= 0.3 is 0 Å². The van der Waals surface area contributed by atoms with Crippen molar-refractivity contribution in [2.24, 2.45) is 5.11 Å². The summed E-state index contributed by atoms with van der Waals surface area (Å²) < 4.78 is 5.60. The van der Waals surface area contributed by atoms with Crippen LogP contribution in [0.15, 0.2) is 47.8 Å². The SMILES string of the molecule is Cc1cc(Oc2cccnc2)ccc1N=[N+]=[N-]. The van der Waals surface area contributed by atoms with Gasteiger partial charge in [0.15, 0.2) is 0 Å². The van der Waals surface area contributed by atoms with Gasteiger partial charge in [-0.25, -0.2) is 0 Å². The Morgan fingerprint density at radius 1 is 1.29 bits per heavy atom. The normalized spacial score (nSPS) is 9.47. The second-order valence-corrected chi connectivity index (χ2v) is 3.43. The van der Waals surface area contributed by atoms with Crippen LogP contribution in [0.3, 0.4) is 0 Å². The first-order valence-electron chi connectivity index (χ1n) is 5.03. The Morgan fingerprint density at radius 3 is 2.82 bits per heavy atom. The monoisotopic (exact) mass is 226 g/mol. The van der Waals surface area contributed by atoms with Crippen molar-refractivity contribution in [2.45, 2.75) is 6.92 Å². The van der Waals surface area contributed by atoms with Crippen molar-refractivity contribution in [3.8, 4) is 11.5 Å². The number of benzene rings is 1. The Balaban J connectivity index is 2.24. The summed E-state index contributed by atoms with van der Waals surface area (Å²) in [5.74, 6) is 1.36. The van der Waals surface area contributed by atoms with Crippen molar-refractivity contribution in [3.63, 3.8) is 0 Å². The molecule has 0 aliphatic carbocycles. The van der Waals surface area contributed by atoms with Crippen LogP contribution in [0.5, 0.6) is 11.5 Å². The third-order valence-electron chi connectivity index (χ3n) is 2.19. The molecular weight excluding hydrogens is 216 g/mol. The topological polar surface area (TPSA) is 70.9 Å². The maximum Gasteiger partial charge on any atom is 0.145 e. The highest BCUT2D eigenvalue weighted by Gasteiger charge is 2.00. The maximum atomic E-state index is 8.37. The number of azide groups is 1. The second kappa shape index (κ2) is 5.01. The van der Waals surface area contributed by atoms with E-state index in [9.17, 15) is 0 Å². The zero-order chi connectivity index (χ0) is 12.1. The molecule has 5 nitrogen and oxygen atoms in total. The van der Waals surface area contributed by atoms with Crippen LogP contribution in [0.2, 0.25) is 0 Å². The minimum atomic E-state index is 0.603. The Hall–Kier alpha value is -2.52. The maximum absolute atomic E-state index is 8.37. The van der Waals surface area contributed by atoms with Crippen LogP contribution in [-0.4, -0.2) is 4.98 Å². The van der Waals surface area contributed by atoms with Gasteiger partial charge in [0.1, 0.15) is 11.5 Å². The Bertz CT molecular complexity index is 562. The van der Waals surface area contributed by atoms with E-state index in [1.807, 2.05) is 19.1 Å². The fourth-order valence-corrected chi connectivity index (χ4v) is 1.40. The van der Waals surface area contributed by atoms with Gasteiger partial charge in [-0.15, -0.1) is 0 Å². The van der Waals surface area contributed by atoms with E-state index in [1.165, 1.54) is 0 Å². The molecule has 0 atom stereocenters. The number of ether oxygens (including phenoxy) is 1. The number of pyridine rings is 1. The van der Waals surface area contributed by atoms with Gasteiger partial charge in [0, 0.05) is 16.8 Å². The molecule has 0 saturated carbocycles. The summed E-state index contributed by atoms with van der Waals surface area (Å²) in [7, 11) is 0. The van der Waals surface area contributed by atoms with E-state index < -0.39 is 0 Å². The molecule has 1 heterocycles. The number of hydrogen-bond acceptors (Lipinski definition) is 3. The average Bonchev–Trinajstić information content (AvgIpc) is 2.34. The summed E-state index contributed by atoms with van der Waals surface area (Å²) in [6.45, 7) is 1.86. The zero-order valence-corrected chi connectivity index (χ0v) is 9.24. The second-order valence-electron chi connectivity index (χ2n) is 3.43. The summed E-state index contributed by atoms with van der Waals surface area (Å²) in [5, 5.41) is 3.57. The van der Waals surface area contributed by atoms with Crippen LogP contribution in [-0.2, 0) is 0 Å². The number of rotatable bonds is 3. The minimum absolute atomic E-state index is 0.603. The number of hydrogen-bond donors (Lipinski definition) is 0. The third kappa shape index (κ3) is 2.74. The first kappa shape index (κ1) is 11.0. The van der Waals surface area contributed by atoms with Crippen molar-refractivity contribution < 1.29 is 4.74 Å². The van der Waals surface area contributed by atoms with Gasteiger partial charge in [-0.3, -0.25) is 4.98 Å². The van der Waals surface area contributed by atoms with Gasteiger partial charge in [0.25, 0.3) is 0 Å². The predicted molar refractivity (Wildman–Crippen MR) is 64.3 cm³/mol. The van der Waals surface area contributed by atoms with Crippen LogP contribution in [0.4, 0.5) is 5.69 Å². The van der Waals surface area contributed by atoms with Gasteiger partial charge in [0.2, 0.25) is 0 Å². The highest BCUT2D eigenvalue weighted by molar-refractivity contribution is 5.49. The molecule has 0 amide bonds. The molecule has 0 aliphatic heterocycles. The predicted octanol–water partition coefficient (Wildman–Crippen LogP) is 4.12. The van der Waals surface area contributed by atoms with Crippen molar-refractivity contribution in [3.05, 3.63) is 58.7 Å². The lowest BCUT2D eigenvalue weighted by Crippen LogP contribution is -1.85. The van der Waals surface area contributed by atoms with Crippen LogP contribution in [0.25, 0.3) is 10.4 Å². The van der Waals surface area contributed by atoms with E-state index in [-0.39, 0.29) is 0 Å². The van der Waals surface area contributed by atoms with Crippen molar-refractivity contribution >= 4 is 5.69 Å². The molecule has 1 aromatic carbocycles. The van der Waals surface area contributed by atoms with Crippen LogP contribution < -0.4 is 4.74 Å². The summed E-state index contributed by atoms with van der Waals surface area (Å²) in [5.41, 5.74) is 9.84. The van der Waals surface area contributed by atoms with E-state index >= 15 is 0 Å². The molecule has 1 aromatic heterocycles. The summed E-state index contributed by atoms with van der Waals surface area (Å²) in [4.78, 5) is 6.71. The Labute approximate surface area is 98.3 Å². The lowest BCUT2D eigenvalue weighted by Gasteiger charge is -2.06. The van der Waals surface area contributed by atoms with E-state index in [0.717, 1.165) is 5.56 Å². The van der Waals surface area contributed by atoms with Crippen LogP contribution in [0, 0.1) is 6.92 Å². The molecule has 0 aliphatic rings. The molecule has 0 bridgehead atoms. The van der Waals surface area contributed by atoms with E-state index in [2.05, 4.69) is 15.0 Å². The molecule has 0 fully saturated rings. The standard InChI is InChI=1S/C12H10N4O/c1-9-7-10(4-5-12(9)15-16-13)17-11-3-2-6-14-8-11/h2-8H,1H3. The number of aromatic nitrogens is 1. The van der Waals surface area contributed by atoms with E-state index in [0.29, 0.717) is 17.2 Å². The number of aryl methyl sites for hydroxylation is 1. The first-order chi connectivity index (χ1) is 8.29. The van der Waals surface area contributed by atoms with Gasteiger partial charge < -0.3 is 4.74 Å². The van der Waals surface area contributed by atoms with Gasteiger partial charge in [-0.2, -0.15) is 0 Å². The molecule has 2 aromatic rings. The Morgan fingerprint density at radius 2 is 2.18 bits per heavy atom. The van der Waals surface area contributed by atoms with Crippen molar-refractivity contribution in [1.82, 2.24) is 4.98 Å². The largest absolute Gasteiger partial charge is 0.456 e. The fraction of sp³-hybridized carbons (Fsp3) is 0.0833. The van der Waals surface area contributed by atoms with E-state index in [4.69, 9.17) is 10.3 Å². The fourth-order valence-electron chi connectivity index (χ4n) is 1.40. The lowest BCUT2D eigenvalue weighted by atomic mass is 10.2. The Kier molecular flexibility index (Phi) is 3.23. The molecule has 0 unspecified atom stereocenters. The quantitative estimate of drug-likeness (QED) is 0.448. The zero-order valence-electron chi connectivity index (χ0n) is 9.24. The average molecular weight is 226 g/mol. The van der Waals surface area contributed by atoms with Gasteiger partial charge in [0.05, 0.1) is 6.20 Å². The molecule has 0 saturated heterocycles. The summed E-state index contributed by atoms with van der Waals surface area (Å²) in [6, 6.07) is 8.92. The molecule has 5 heteroatoms. The molecule has 2 rings (SSSR count). The highest BCUT2D eigenvalue weighted by atomic mass is 16.5. The third-order valence-corrected chi connectivity index (χ3v) is 2.19. The van der Waals surface area contributed by atoms with Gasteiger partial charge in [-0.05, 0) is 48.4 Å². The van der Waals surface area contributed by atoms with E-state index in [1.54, 1.807) is 30.6 Å².